The maximum atomic E-state index is 12.8. The molecule has 3 rings (SSSR count). The van der Waals surface area contributed by atoms with Gasteiger partial charge in [-0.2, -0.15) is 0 Å². The topological polar surface area (TPSA) is 41.6 Å². The standard InChI is InChI=1S/C30H42N2O2S.BrH/c1-3-4-5-6-7-8-9-10-11-12-19-34-29-18-14-16-27(21-29)30(33)31-28-17-13-15-26(20-28)23-32-22-25(2)35-24-32;/h13-18,20-22H,3-12,19,23-24H2,1-2H3,(H,31,33);1H. The smallest absolute Gasteiger partial charge is 0.255 e. The fraction of sp³-hybridized carbons (Fsp3) is 0.500. The highest BCUT2D eigenvalue weighted by atomic mass is 79.9. The van der Waals surface area contributed by atoms with E-state index in [0.29, 0.717) is 12.2 Å². The van der Waals surface area contributed by atoms with Crippen molar-refractivity contribution in [2.24, 2.45) is 0 Å². The number of ether oxygens (including phenoxy) is 1. The molecule has 2 aromatic rings. The molecule has 2 aromatic carbocycles. The summed E-state index contributed by atoms with van der Waals surface area (Å²) in [5.74, 6) is 1.63. The van der Waals surface area contributed by atoms with Gasteiger partial charge in [0.2, 0.25) is 0 Å². The lowest BCUT2D eigenvalue weighted by Gasteiger charge is -2.15. The van der Waals surface area contributed by atoms with Gasteiger partial charge in [0.15, 0.2) is 0 Å². The van der Waals surface area contributed by atoms with Crippen molar-refractivity contribution in [2.75, 3.05) is 17.8 Å². The molecule has 0 aliphatic carbocycles. The van der Waals surface area contributed by atoms with Crippen LogP contribution in [0.3, 0.4) is 0 Å². The van der Waals surface area contributed by atoms with E-state index in [-0.39, 0.29) is 22.9 Å². The van der Waals surface area contributed by atoms with Gasteiger partial charge >= 0.3 is 0 Å². The summed E-state index contributed by atoms with van der Waals surface area (Å²) in [4.78, 5) is 16.5. The molecule has 0 fully saturated rings. The first-order chi connectivity index (χ1) is 17.1. The number of hydrogen-bond acceptors (Lipinski definition) is 4. The van der Waals surface area contributed by atoms with Gasteiger partial charge in [-0.15, -0.1) is 28.7 Å². The van der Waals surface area contributed by atoms with Crippen molar-refractivity contribution >= 4 is 40.3 Å². The van der Waals surface area contributed by atoms with Crippen LogP contribution in [0.2, 0.25) is 0 Å². The van der Waals surface area contributed by atoms with Gasteiger partial charge in [0.1, 0.15) is 5.75 Å². The first-order valence-corrected chi connectivity index (χ1v) is 14.3. The van der Waals surface area contributed by atoms with E-state index in [4.69, 9.17) is 4.74 Å². The lowest BCUT2D eigenvalue weighted by molar-refractivity contribution is 0.102. The van der Waals surface area contributed by atoms with Crippen LogP contribution in [-0.2, 0) is 6.54 Å². The van der Waals surface area contributed by atoms with Gasteiger partial charge in [0.25, 0.3) is 5.91 Å². The van der Waals surface area contributed by atoms with Crippen molar-refractivity contribution in [3.05, 3.63) is 70.8 Å². The minimum absolute atomic E-state index is 0. The summed E-state index contributed by atoms with van der Waals surface area (Å²) in [6.45, 7) is 5.94. The van der Waals surface area contributed by atoms with E-state index in [2.05, 4.69) is 42.4 Å². The Morgan fingerprint density at radius 3 is 2.33 bits per heavy atom. The number of carbonyl (C=O) groups excluding carboxylic acids is 1. The summed E-state index contributed by atoms with van der Waals surface area (Å²) in [5, 5.41) is 3.04. The van der Waals surface area contributed by atoms with Crippen LogP contribution in [0.15, 0.2) is 59.6 Å². The second kappa shape index (κ2) is 17.5. The van der Waals surface area contributed by atoms with E-state index in [1.54, 1.807) is 0 Å². The number of thioether (sulfide) groups is 1. The van der Waals surface area contributed by atoms with Crippen molar-refractivity contribution in [1.29, 1.82) is 0 Å². The Bertz CT molecular complexity index is 950. The van der Waals surface area contributed by atoms with Crippen LogP contribution in [0, 0.1) is 0 Å². The first kappa shape index (κ1) is 30.3. The molecular formula is C30H43BrN2O2S. The van der Waals surface area contributed by atoms with Gasteiger partial charge in [-0.3, -0.25) is 4.79 Å². The predicted molar refractivity (Wildman–Crippen MR) is 160 cm³/mol. The molecule has 4 nitrogen and oxygen atoms in total. The largest absolute Gasteiger partial charge is 0.494 e. The van der Waals surface area contributed by atoms with Gasteiger partial charge in [-0.1, -0.05) is 82.9 Å². The molecule has 1 N–H and O–H groups in total. The molecule has 1 amide bonds. The molecule has 0 radical (unpaired) electrons. The summed E-state index contributed by atoms with van der Waals surface area (Å²) in [6, 6.07) is 15.6. The molecule has 0 spiro atoms. The van der Waals surface area contributed by atoms with Crippen molar-refractivity contribution < 1.29 is 9.53 Å². The summed E-state index contributed by atoms with van der Waals surface area (Å²) >= 11 is 1.86. The molecule has 0 saturated heterocycles. The fourth-order valence-electron chi connectivity index (χ4n) is 4.30. The highest BCUT2D eigenvalue weighted by Gasteiger charge is 2.11. The van der Waals surface area contributed by atoms with E-state index >= 15 is 0 Å². The molecule has 1 aliphatic rings. The van der Waals surface area contributed by atoms with Gasteiger partial charge in [0, 0.05) is 24.0 Å². The maximum absolute atomic E-state index is 12.8. The molecule has 6 heteroatoms. The zero-order valence-corrected chi connectivity index (χ0v) is 24.5. The molecule has 0 saturated carbocycles. The number of carbonyl (C=O) groups is 1. The Hall–Kier alpha value is -1.92. The zero-order valence-electron chi connectivity index (χ0n) is 22.0. The van der Waals surface area contributed by atoms with E-state index < -0.39 is 0 Å². The minimum Gasteiger partial charge on any atom is -0.494 e. The third kappa shape index (κ3) is 11.4. The number of halogens is 1. The Labute approximate surface area is 233 Å². The van der Waals surface area contributed by atoms with Crippen LogP contribution >= 0.6 is 28.7 Å². The predicted octanol–water partition coefficient (Wildman–Crippen LogP) is 9.18. The molecule has 36 heavy (non-hydrogen) atoms. The minimum atomic E-state index is -0.112. The molecule has 1 aliphatic heterocycles. The van der Waals surface area contributed by atoms with Crippen LogP contribution in [0.1, 0.15) is 94.0 Å². The van der Waals surface area contributed by atoms with Crippen LogP contribution in [-0.4, -0.2) is 23.3 Å². The van der Waals surface area contributed by atoms with Crippen molar-refractivity contribution in [2.45, 2.75) is 84.6 Å². The molecule has 1 heterocycles. The van der Waals surface area contributed by atoms with Crippen molar-refractivity contribution in [3.63, 3.8) is 0 Å². The highest BCUT2D eigenvalue weighted by Crippen LogP contribution is 2.26. The van der Waals surface area contributed by atoms with Gasteiger partial charge < -0.3 is 15.0 Å². The molecule has 198 valence electrons. The number of benzene rings is 2. The number of nitrogens with zero attached hydrogens (tertiary/aromatic N) is 1. The second-order valence-corrected chi connectivity index (χ2v) is 10.7. The zero-order chi connectivity index (χ0) is 24.7. The van der Waals surface area contributed by atoms with E-state index in [1.165, 1.54) is 68.3 Å². The van der Waals surface area contributed by atoms with E-state index in [1.807, 2.05) is 48.2 Å². The second-order valence-electron chi connectivity index (χ2n) is 9.47. The number of nitrogens with one attached hydrogen (secondary N) is 1. The van der Waals surface area contributed by atoms with Crippen LogP contribution in [0.5, 0.6) is 5.75 Å². The Balaban J connectivity index is 0.00000456. The number of hydrogen-bond donors (Lipinski definition) is 1. The number of anilines is 1. The van der Waals surface area contributed by atoms with Crippen LogP contribution < -0.4 is 10.1 Å². The number of unbranched alkanes of at least 4 members (excludes halogenated alkanes) is 9. The van der Waals surface area contributed by atoms with E-state index in [9.17, 15) is 4.79 Å². The van der Waals surface area contributed by atoms with Crippen molar-refractivity contribution in [1.82, 2.24) is 4.90 Å². The molecule has 0 aromatic heterocycles. The van der Waals surface area contributed by atoms with Gasteiger partial charge in [0.05, 0.1) is 12.5 Å². The lowest BCUT2D eigenvalue weighted by atomic mass is 10.1. The molecule has 0 atom stereocenters. The van der Waals surface area contributed by atoms with Gasteiger partial charge in [-0.05, 0) is 54.1 Å². The Kier molecular flexibility index (Phi) is 14.7. The van der Waals surface area contributed by atoms with Crippen LogP contribution in [0.25, 0.3) is 0 Å². The summed E-state index contributed by atoms with van der Waals surface area (Å²) in [6.07, 6.45) is 15.3. The Morgan fingerprint density at radius 1 is 0.944 bits per heavy atom. The number of rotatable bonds is 16. The maximum Gasteiger partial charge on any atom is 0.255 e. The van der Waals surface area contributed by atoms with Gasteiger partial charge in [-0.25, -0.2) is 0 Å². The highest BCUT2D eigenvalue weighted by molar-refractivity contribution is 8.93. The monoisotopic (exact) mass is 574 g/mol. The van der Waals surface area contributed by atoms with Crippen molar-refractivity contribution in [3.8, 4) is 5.75 Å². The Morgan fingerprint density at radius 2 is 1.64 bits per heavy atom. The quantitative estimate of drug-likeness (QED) is 0.203. The lowest BCUT2D eigenvalue weighted by Crippen LogP contribution is -2.14. The van der Waals surface area contributed by atoms with E-state index in [0.717, 1.165) is 30.3 Å². The SMILES string of the molecule is Br.CCCCCCCCCCCCOc1cccc(C(=O)Nc2cccc(CN3C=C(C)SC3)c2)c1. The number of allylic oxidation sites excluding steroid dienone is 1. The third-order valence-electron chi connectivity index (χ3n) is 6.26. The fourth-order valence-corrected chi connectivity index (χ4v) is 5.06. The summed E-state index contributed by atoms with van der Waals surface area (Å²) < 4.78 is 5.93. The molecule has 0 bridgehead atoms. The molecule has 0 unspecified atom stereocenters. The normalized spacial score (nSPS) is 12.7. The average molecular weight is 576 g/mol. The first-order valence-electron chi connectivity index (χ1n) is 13.3. The average Bonchev–Trinajstić information content (AvgIpc) is 3.27. The number of amides is 1. The molecular weight excluding hydrogens is 532 g/mol. The summed E-state index contributed by atoms with van der Waals surface area (Å²) in [5.41, 5.74) is 2.62. The summed E-state index contributed by atoms with van der Waals surface area (Å²) in [7, 11) is 0. The third-order valence-corrected chi connectivity index (χ3v) is 7.28. The van der Waals surface area contributed by atoms with Crippen LogP contribution in [0.4, 0.5) is 5.69 Å².